The van der Waals surface area contributed by atoms with Gasteiger partial charge < -0.3 is 19.3 Å². The molecule has 0 spiro atoms. The molecule has 0 aliphatic carbocycles. The average molecular weight is 277 g/mol. The van der Waals surface area contributed by atoms with Crippen molar-refractivity contribution in [3.05, 3.63) is 41.1 Å². The standard InChI is InChI=1S/C16H23NO3/c1-11-14-15(20-16(3,4)19-14)12(2)17(11,18)10-13-8-6-5-7-9-13/h5-9,11-12,14-15H,10H2,1-4H3/t11-,12-,14-,15+,17?/m1/s1. The molecule has 2 fully saturated rings. The zero-order chi connectivity index (χ0) is 14.5. The highest BCUT2D eigenvalue weighted by Gasteiger charge is 2.60. The number of hydroxylamine groups is 3. The Hall–Kier alpha value is -0.940. The van der Waals surface area contributed by atoms with Gasteiger partial charge in [0.15, 0.2) is 5.79 Å². The van der Waals surface area contributed by atoms with Crippen LogP contribution in [0.4, 0.5) is 0 Å². The van der Waals surface area contributed by atoms with E-state index in [1.807, 2.05) is 58.0 Å². The largest absolute Gasteiger partial charge is 0.632 e. The van der Waals surface area contributed by atoms with Crippen LogP contribution in [0, 0.1) is 5.21 Å². The Morgan fingerprint density at radius 1 is 1.05 bits per heavy atom. The summed E-state index contributed by atoms with van der Waals surface area (Å²) < 4.78 is 11.6. The summed E-state index contributed by atoms with van der Waals surface area (Å²) in [6, 6.07) is 9.72. The third-order valence-electron chi connectivity index (χ3n) is 4.77. The molecule has 2 aliphatic heterocycles. The zero-order valence-corrected chi connectivity index (χ0v) is 12.6. The minimum absolute atomic E-state index is 0.110. The summed E-state index contributed by atoms with van der Waals surface area (Å²) in [5.41, 5.74) is 1.07. The molecule has 2 heterocycles. The first kappa shape index (κ1) is 14.0. The first-order valence-electron chi connectivity index (χ1n) is 7.31. The van der Waals surface area contributed by atoms with E-state index < -0.39 is 5.79 Å². The fourth-order valence-corrected chi connectivity index (χ4v) is 3.59. The summed E-state index contributed by atoms with van der Waals surface area (Å²) in [6.45, 7) is 8.29. The number of benzene rings is 1. The Morgan fingerprint density at radius 3 is 2.05 bits per heavy atom. The molecule has 0 aromatic heterocycles. The number of nitrogens with zero attached hydrogens (tertiary/aromatic N) is 1. The van der Waals surface area contributed by atoms with Gasteiger partial charge in [0.05, 0.1) is 0 Å². The zero-order valence-electron chi connectivity index (χ0n) is 12.6. The van der Waals surface area contributed by atoms with Crippen molar-refractivity contribution < 1.29 is 14.1 Å². The highest BCUT2D eigenvalue weighted by molar-refractivity contribution is 5.14. The van der Waals surface area contributed by atoms with Crippen molar-refractivity contribution in [2.45, 2.75) is 64.3 Å². The maximum Gasteiger partial charge on any atom is 0.164 e. The number of hydrogen-bond acceptors (Lipinski definition) is 3. The van der Waals surface area contributed by atoms with Crippen molar-refractivity contribution >= 4 is 0 Å². The van der Waals surface area contributed by atoms with Crippen LogP contribution in [0.2, 0.25) is 0 Å². The van der Waals surface area contributed by atoms with Gasteiger partial charge in [-0.3, -0.25) is 0 Å². The minimum atomic E-state index is -0.574. The summed E-state index contributed by atoms with van der Waals surface area (Å²) in [7, 11) is 0. The second-order valence-corrected chi connectivity index (χ2v) is 6.54. The van der Waals surface area contributed by atoms with Gasteiger partial charge in [0.25, 0.3) is 0 Å². The van der Waals surface area contributed by atoms with Crippen LogP contribution in [-0.4, -0.2) is 34.7 Å². The lowest BCUT2D eigenvalue weighted by atomic mass is 10.1. The summed E-state index contributed by atoms with van der Waals surface area (Å²) in [4.78, 5) is 0. The number of hydrogen-bond donors (Lipinski definition) is 0. The van der Waals surface area contributed by atoms with Crippen molar-refractivity contribution in [1.82, 2.24) is 0 Å². The second-order valence-electron chi connectivity index (χ2n) is 6.54. The molecule has 0 N–H and O–H groups in total. The van der Waals surface area contributed by atoms with Crippen LogP contribution in [0.5, 0.6) is 0 Å². The molecule has 5 atom stereocenters. The quantitative estimate of drug-likeness (QED) is 0.616. The van der Waals surface area contributed by atoms with Gasteiger partial charge in [0.1, 0.15) is 30.8 Å². The number of likely N-dealkylation sites (tertiary alicyclic amines) is 1. The summed E-state index contributed by atoms with van der Waals surface area (Å²) in [5, 5.41) is 13.3. The lowest BCUT2D eigenvalue weighted by molar-refractivity contribution is -0.929. The first-order valence-corrected chi connectivity index (χ1v) is 7.31. The van der Waals surface area contributed by atoms with E-state index in [1.165, 1.54) is 0 Å². The van der Waals surface area contributed by atoms with Crippen LogP contribution >= 0.6 is 0 Å². The Balaban J connectivity index is 1.85. The summed E-state index contributed by atoms with van der Waals surface area (Å²) in [6.07, 6.45) is -0.220. The molecule has 4 heteroatoms. The fraction of sp³-hybridized carbons (Fsp3) is 0.625. The molecule has 1 aromatic carbocycles. The Morgan fingerprint density at radius 2 is 1.55 bits per heavy atom. The molecular weight excluding hydrogens is 254 g/mol. The van der Waals surface area contributed by atoms with E-state index in [0.717, 1.165) is 5.56 Å². The topological polar surface area (TPSA) is 41.5 Å². The Labute approximate surface area is 120 Å². The van der Waals surface area contributed by atoms with Crippen LogP contribution in [-0.2, 0) is 16.0 Å². The van der Waals surface area contributed by atoms with Gasteiger partial charge in [0.2, 0.25) is 0 Å². The normalized spacial score (nSPS) is 42.6. The fourth-order valence-electron chi connectivity index (χ4n) is 3.59. The maximum atomic E-state index is 13.3. The van der Waals surface area contributed by atoms with Crippen molar-refractivity contribution in [2.75, 3.05) is 0 Å². The predicted molar refractivity (Wildman–Crippen MR) is 76.5 cm³/mol. The van der Waals surface area contributed by atoms with Gasteiger partial charge in [-0.05, 0) is 27.7 Å². The van der Waals surface area contributed by atoms with Crippen LogP contribution < -0.4 is 0 Å². The highest BCUT2D eigenvalue weighted by atomic mass is 16.8. The molecule has 0 saturated carbocycles. The van der Waals surface area contributed by atoms with Gasteiger partial charge in [-0.25, -0.2) is 0 Å². The van der Waals surface area contributed by atoms with E-state index in [9.17, 15) is 5.21 Å². The van der Waals surface area contributed by atoms with Crippen LogP contribution in [0.15, 0.2) is 30.3 Å². The number of rotatable bonds is 2. The smallest absolute Gasteiger partial charge is 0.164 e. The molecule has 4 nitrogen and oxygen atoms in total. The second kappa shape index (κ2) is 4.53. The third-order valence-corrected chi connectivity index (χ3v) is 4.77. The SMILES string of the molecule is C[C@@H]1[C@@H]2OC(C)(C)O[C@@H]2[C@@H](C)[N+]1([O-])Cc1ccccc1. The average Bonchev–Trinajstić information content (AvgIpc) is 2.80. The predicted octanol–water partition coefficient (Wildman–Crippen LogP) is 2.81. The van der Waals surface area contributed by atoms with E-state index in [0.29, 0.717) is 6.54 Å². The molecule has 0 amide bonds. The van der Waals surface area contributed by atoms with Gasteiger partial charge >= 0.3 is 0 Å². The minimum Gasteiger partial charge on any atom is -0.632 e. The van der Waals surface area contributed by atoms with Gasteiger partial charge in [-0.1, -0.05) is 30.3 Å². The lowest BCUT2D eigenvalue weighted by Crippen LogP contribution is -2.52. The highest BCUT2D eigenvalue weighted by Crippen LogP contribution is 2.44. The van der Waals surface area contributed by atoms with E-state index in [4.69, 9.17) is 9.47 Å². The number of fused-ring (bicyclic) bond motifs is 1. The van der Waals surface area contributed by atoms with Crippen molar-refractivity contribution in [3.63, 3.8) is 0 Å². The van der Waals surface area contributed by atoms with E-state index >= 15 is 0 Å². The van der Waals surface area contributed by atoms with Crippen LogP contribution in [0.3, 0.4) is 0 Å². The van der Waals surface area contributed by atoms with Crippen molar-refractivity contribution in [1.29, 1.82) is 0 Å². The third kappa shape index (κ3) is 2.07. The molecule has 1 aromatic rings. The molecular formula is C16H23NO3. The van der Waals surface area contributed by atoms with Crippen LogP contribution in [0.1, 0.15) is 33.3 Å². The van der Waals surface area contributed by atoms with E-state index in [1.54, 1.807) is 0 Å². The lowest BCUT2D eigenvalue weighted by Gasteiger charge is -2.48. The molecule has 0 bridgehead atoms. The molecule has 0 radical (unpaired) electrons. The summed E-state index contributed by atoms with van der Waals surface area (Å²) >= 11 is 0. The van der Waals surface area contributed by atoms with E-state index in [-0.39, 0.29) is 28.9 Å². The Bertz CT molecular complexity index is 468. The van der Waals surface area contributed by atoms with Gasteiger partial charge in [-0.15, -0.1) is 0 Å². The molecule has 2 saturated heterocycles. The first-order chi connectivity index (χ1) is 9.33. The van der Waals surface area contributed by atoms with Crippen LogP contribution in [0.25, 0.3) is 0 Å². The monoisotopic (exact) mass is 277 g/mol. The summed E-state index contributed by atoms with van der Waals surface area (Å²) in [5.74, 6) is -0.574. The van der Waals surface area contributed by atoms with E-state index in [2.05, 4.69) is 0 Å². The number of ether oxygens (including phenoxy) is 2. The molecule has 110 valence electrons. The molecule has 3 rings (SSSR count). The molecule has 1 unspecified atom stereocenters. The Kier molecular flexibility index (Phi) is 3.18. The maximum absolute atomic E-state index is 13.3. The van der Waals surface area contributed by atoms with Gasteiger partial charge in [0, 0.05) is 5.56 Å². The molecule has 20 heavy (non-hydrogen) atoms. The molecule has 2 aliphatic rings. The van der Waals surface area contributed by atoms with Crippen molar-refractivity contribution in [2.24, 2.45) is 0 Å². The number of quaternary nitrogens is 1. The van der Waals surface area contributed by atoms with Crippen molar-refractivity contribution in [3.8, 4) is 0 Å². The van der Waals surface area contributed by atoms with Gasteiger partial charge in [-0.2, -0.15) is 0 Å².